The average Bonchev–Trinajstić information content (AvgIpc) is 2.74. The number of rotatable bonds is 7. The van der Waals surface area contributed by atoms with Crippen molar-refractivity contribution in [3.8, 4) is 0 Å². The molecule has 0 spiro atoms. The molecule has 2 aromatic rings. The number of amides is 1. The fraction of sp³-hybridized carbons (Fsp3) is 0.350. The molecule has 11 heteroatoms. The number of halogens is 3. The number of carbonyl (C=O) groups excluding carboxylic acids is 1. The van der Waals surface area contributed by atoms with Gasteiger partial charge in [-0.3, -0.25) is 9.52 Å². The van der Waals surface area contributed by atoms with E-state index in [-0.39, 0.29) is 16.1 Å². The minimum Gasteiger partial charge on any atom is -0.370 e. The van der Waals surface area contributed by atoms with E-state index in [1.165, 1.54) is 35.2 Å². The maximum Gasteiger partial charge on any atom is 0.416 e. The molecule has 31 heavy (non-hydrogen) atoms. The van der Waals surface area contributed by atoms with E-state index in [1.807, 2.05) is 0 Å². The van der Waals surface area contributed by atoms with Crippen molar-refractivity contribution in [1.29, 1.82) is 0 Å². The topological polar surface area (TPSA) is 88.9 Å². The second kappa shape index (κ2) is 9.67. The molecule has 0 atom stereocenters. The second-order valence-corrected chi connectivity index (χ2v) is 8.76. The number of nitrogens with one attached hydrogen (secondary N) is 3. The Morgan fingerprint density at radius 2 is 1.77 bits per heavy atom. The molecule has 0 bridgehead atoms. The van der Waals surface area contributed by atoms with Gasteiger partial charge in [-0.2, -0.15) is 13.2 Å². The maximum atomic E-state index is 12.9. The monoisotopic (exact) mass is 458 g/mol. The smallest absolute Gasteiger partial charge is 0.370 e. The number of benzene rings is 2. The lowest BCUT2D eigenvalue weighted by atomic mass is 10.2. The zero-order valence-electron chi connectivity index (χ0n) is 16.5. The molecule has 168 valence electrons. The van der Waals surface area contributed by atoms with Crippen molar-refractivity contribution in [2.45, 2.75) is 11.1 Å². The van der Waals surface area contributed by atoms with E-state index in [1.54, 1.807) is 0 Å². The predicted molar refractivity (Wildman–Crippen MR) is 107 cm³/mol. The third kappa shape index (κ3) is 6.42. The van der Waals surface area contributed by atoms with Gasteiger partial charge >= 0.3 is 6.18 Å². The molecular formula is C20H23F3N3O4S+. The first-order chi connectivity index (χ1) is 14.6. The molecule has 0 radical (unpaired) electrons. The minimum atomic E-state index is -4.59. The molecule has 0 saturated carbocycles. The average molecular weight is 458 g/mol. The zero-order valence-corrected chi connectivity index (χ0v) is 17.4. The molecule has 2 aromatic carbocycles. The summed E-state index contributed by atoms with van der Waals surface area (Å²) in [6.07, 6.45) is -4.59. The van der Waals surface area contributed by atoms with Crippen LogP contribution in [0.2, 0.25) is 0 Å². The molecule has 3 rings (SSSR count). The standard InChI is InChI=1S/C20H22F3N3O4S/c21-20(22,23)16-4-2-5-17(14-16)25-31(28,29)18-6-1-3-15(13-18)19(27)24-7-8-26-9-11-30-12-10-26/h1-6,13-14,25H,7-12H2,(H,24,27)/p+1. The highest BCUT2D eigenvalue weighted by atomic mass is 32.2. The van der Waals surface area contributed by atoms with Crippen molar-refractivity contribution >= 4 is 21.6 Å². The van der Waals surface area contributed by atoms with Crippen LogP contribution >= 0.6 is 0 Å². The van der Waals surface area contributed by atoms with Gasteiger partial charge in [0.05, 0.1) is 36.8 Å². The van der Waals surface area contributed by atoms with Crippen LogP contribution < -0.4 is 14.9 Å². The van der Waals surface area contributed by atoms with Gasteiger partial charge in [-0.15, -0.1) is 0 Å². The van der Waals surface area contributed by atoms with Gasteiger partial charge in [0.25, 0.3) is 15.9 Å². The Kier molecular flexibility index (Phi) is 7.19. The van der Waals surface area contributed by atoms with Crippen LogP contribution in [0.1, 0.15) is 15.9 Å². The van der Waals surface area contributed by atoms with Crippen molar-refractivity contribution in [1.82, 2.24) is 5.32 Å². The van der Waals surface area contributed by atoms with E-state index in [0.29, 0.717) is 25.8 Å². The van der Waals surface area contributed by atoms with Crippen molar-refractivity contribution < 1.29 is 36.0 Å². The highest BCUT2D eigenvalue weighted by Crippen LogP contribution is 2.31. The predicted octanol–water partition coefficient (Wildman–Crippen LogP) is 1.15. The summed E-state index contributed by atoms with van der Waals surface area (Å²) in [4.78, 5) is 13.5. The van der Waals surface area contributed by atoms with Gasteiger partial charge in [-0.25, -0.2) is 8.42 Å². The molecule has 3 N–H and O–H groups in total. The molecule has 0 aromatic heterocycles. The molecule has 1 heterocycles. The number of morpholine rings is 1. The number of carbonyl (C=O) groups is 1. The van der Waals surface area contributed by atoms with Crippen molar-refractivity contribution in [2.24, 2.45) is 0 Å². The quantitative estimate of drug-likeness (QED) is 0.581. The molecule has 1 aliphatic rings. The first-order valence-corrected chi connectivity index (χ1v) is 11.1. The Hall–Kier alpha value is -2.63. The Morgan fingerprint density at radius 1 is 1.06 bits per heavy atom. The fourth-order valence-corrected chi connectivity index (χ4v) is 4.24. The summed E-state index contributed by atoms with van der Waals surface area (Å²) in [6.45, 7) is 4.25. The first-order valence-electron chi connectivity index (χ1n) is 9.65. The molecule has 1 amide bonds. The zero-order chi connectivity index (χ0) is 22.5. The van der Waals surface area contributed by atoms with Crippen molar-refractivity contribution in [3.05, 3.63) is 59.7 Å². The van der Waals surface area contributed by atoms with Crippen LogP contribution in [0.3, 0.4) is 0 Å². The molecule has 0 aliphatic carbocycles. The van der Waals surface area contributed by atoms with E-state index in [4.69, 9.17) is 4.74 Å². The molecule has 1 fully saturated rings. The summed E-state index contributed by atoms with van der Waals surface area (Å²) >= 11 is 0. The molecule has 1 aliphatic heterocycles. The largest absolute Gasteiger partial charge is 0.416 e. The van der Waals surface area contributed by atoms with Crippen molar-refractivity contribution in [3.63, 3.8) is 0 Å². The molecular weight excluding hydrogens is 435 g/mol. The van der Waals surface area contributed by atoms with Gasteiger partial charge in [0.1, 0.15) is 13.1 Å². The van der Waals surface area contributed by atoms with E-state index < -0.39 is 27.7 Å². The van der Waals surface area contributed by atoms with Gasteiger partial charge in [0.2, 0.25) is 0 Å². The normalized spacial score (nSPS) is 15.5. The lowest BCUT2D eigenvalue weighted by Gasteiger charge is -2.23. The van der Waals surface area contributed by atoms with Crippen LogP contribution in [0.25, 0.3) is 0 Å². The number of ether oxygens (including phenoxy) is 1. The number of sulfonamides is 1. The second-order valence-electron chi connectivity index (χ2n) is 7.08. The lowest BCUT2D eigenvalue weighted by molar-refractivity contribution is -0.906. The van der Waals surface area contributed by atoms with Crippen LogP contribution in [-0.2, 0) is 20.9 Å². The Labute approximate surface area is 178 Å². The Bertz CT molecular complexity index is 1020. The number of hydrogen-bond acceptors (Lipinski definition) is 4. The van der Waals surface area contributed by atoms with E-state index >= 15 is 0 Å². The number of anilines is 1. The molecule has 0 unspecified atom stereocenters. The maximum absolute atomic E-state index is 12.9. The SMILES string of the molecule is O=C(NCC[NH+]1CCOCC1)c1cccc(S(=O)(=O)Nc2cccc(C(F)(F)F)c2)c1. The van der Waals surface area contributed by atoms with Gasteiger partial charge in [0.15, 0.2) is 0 Å². The minimum absolute atomic E-state index is 0.142. The molecule has 1 saturated heterocycles. The summed E-state index contributed by atoms with van der Waals surface area (Å²) in [6, 6.07) is 9.22. The van der Waals surface area contributed by atoms with Crippen molar-refractivity contribution in [2.75, 3.05) is 44.1 Å². The van der Waals surface area contributed by atoms with Crippen LogP contribution in [-0.4, -0.2) is 53.7 Å². The van der Waals surface area contributed by atoms with Crippen LogP contribution in [0.5, 0.6) is 0 Å². The summed E-state index contributed by atoms with van der Waals surface area (Å²) in [5, 5.41) is 2.76. The van der Waals surface area contributed by atoms with Gasteiger partial charge in [-0.1, -0.05) is 12.1 Å². The summed E-state index contributed by atoms with van der Waals surface area (Å²) in [7, 11) is -4.18. The summed E-state index contributed by atoms with van der Waals surface area (Å²) in [5.41, 5.74) is -1.05. The fourth-order valence-electron chi connectivity index (χ4n) is 3.14. The van der Waals surface area contributed by atoms with Gasteiger partial charge < -0.3 is 15.0 Å². The summed E-state index contributed by atoms with van der Waals surface area (Å²) < 4.78 is 71.2. The Balaban J connectivity index is 1.66. The van der Waals surface area contributed by atoms with E-state index in [9.17, 15) is 26.4 Å². The van der Waals surface area contributed by atoms with Gasteiger partial charge in [0, 0.05) is 11.3 Å². The van der Waals surface area contributed by atoms with Gasteiger partial charge in [-0.05, 0) is 36.4 Å². The van der Waals surface area contributed by atoms with Crippen LogP contribution in [0.15, 0.2) is 53.4 Å². The highest BCUT2D eigenvalue weighted by molar-refractivity contribution is 7.92. The van der Waals surface area contributed by atoms with E-state index in [0.717, 1.165) is 31.8 Å². The number of quaternary nitrogens is 1. The third-order valence-corrected chi connectivity index (χ3v) is 6.19. The molecule has 7 nitrogen and oxygen atoms in total. The Morgan fingerprint density at radius 3 is 2.48 bits per heavy atom. The van der Waals surface area contributed by atoms with E-state index in [2.05, 4.69) is 10.0 Å². The number of alkyl halides is 3. The summed E-state index contributed by atoms with van der Waals surface area (Å²) in [5.74, 6) is -0.427. The first kappa shape index (κ1) is 23.0. The third-order valence-electron chi connectivity index (χ3n) is 4.81. The van der Waals surface area contributed by atoms with Crippen LogP contribution in [0.4, 0.5) is 18.9 Å². The number of hydrogen-bond donors (Lipinski definition) is 3. The van der Waals surface area contributed by atoms with Crippen LogP contribution in [0, 0.1) is 0 Å². The highest BCUT2D eigenvalue weighted by Gasteiger charge is 2.30. The lowest BCUT2D eigenvalue weighted by Crippen LogP contribution is -3.14.